The van der Waals surface area contributed by atoms with E-state index in [1.807, 2.05) is 30.3 Å². The number of nitrogens with one attached hydrogen (secondary N) is 2. The molecular formula is C24H23ClF3N3O2S. The molecule has 0 aromatic heterocycles. The lowest BCUT2D eigenvalue weighted by atomic mass is 10.0. The fourth-order valence-electron chi connectivity index (χ4n) is 3.99. The summed E-state index contributed by atoms with van der Waals surface area (Å²) in [4.78, 5) is 2.28. The van der Waals surface area contributed by atoms with E-state index in [9.17, 15) is 17.4 Å². The van der Waals surface area contributed by atoms with E-state index in [2.05, 4.69) is 26.5 Å². The average Bonchev–Trinajstić information content (AvgIpc) is 2.93. The zero-order valence-corrected chi connectivity index (χ0v) is 19.6. The minimum absolute atomic E-state index is 0.0827. The van der Waals surface area contributed by atoms with E-state index in [1.165, 1.54) is 23.3 Å². The highest BCUT2D eigenvalue weighted by molar-refractivity contribution is 7.90. The number of aryl methyl sites for hydroxylation is 2. The summed E-state index contributed by atoms with van der Waals surface area (Å²) >= 11 is 6.28. The molecule has 3 aromatic carbocycles. The Morgan fingerprint density at radius 2 is 1.68 bits per heavy atom. The second-order valence-electron chi connectivity index (χ2n) is 7.88. The molecule has 180 valence electrons. The van der Waals surface area contributed by atoms with Gasteiger partial charge in [0.2, 0.25) is 0 Å². The molecule has 0 aliphatic carbocycles. The molecular weight excluding hydrogens is 487 g/mol. The first kappa shape index (κ1) is 24.4. The molecule has 0 radical (unpaired) electrons. The van der Waals surface area contributed by atoms with Gasteiger partial charge in [-0.3, -0.25) is 0 Å². The van der Waals surface area contributed by atoms with Crippen molar-refractivity contribution >= 4 is 32.9 Å². The van der Waals surface area contributed by atoms with E-state index in [-0.39, 0.29) is 11.4 Å². The normalized spacial score (nSPS) is 15.1. The van der Waals surface area contributed by atoms with Crippen molar-refractivity contribution in [2.24, 2.45) is 0 Å². The van der Waals surface area contributed by atoms with E-state index < -0.39 is 22.0 Å². The second kappa shape index (κ2) is 9.85. The number of nitrogens with zero attached hydrogens (tertiary/aromatic N) is 1. The lowest BCUT2D eigenvalue weighted by Gasteiger charge is -2.27. The minimum Gasteiger partial charge on any atom is -0.406 e. The summed E-state index contributed by atoms with van der Waals surface area (Å²) in [6.07, 6.45) is -2.43. The van der Waals surface area contributed by atoms with Crippen LogP contribution in [-0.4, -0.2) is 23.7 Å². The zero-order valence-electron chi connectivity index (χ0n) is 18.1. The maximum atomic E-state index is 12.8. The number of ether oxygens (including phenoxy) is 1. The average molecular weight is 510 g/mol. The molecule has 0 saturated carbocycles. The van der Waals surface area contributed by atoms with Gasteiger partial charge >= 0.3 is 6.36 Å². The van der Waals surface area contributed by atoms with Gasteiger partial charge in [0.25, 0.3) is 0 Å². The molecule has 34 heavy (non-hydrogen) atoms. The molecule has 1 heterocycles. The van der Waals surface area contributed by atoms with Crippen molar-refractivity contribution in [1.82, 2.24) is 4.72 Å². The largest absolute Gasteiger partial charge is 0.573 e. The van der Waals surface area contributed by atoms with Gasteiger partial charge in [-0.1, -0.05) is 35.9 Å². The topological polar surface area (TPSA) is 65.4 Å². The van der Waals surface area contributed by atoms with E-state index >= 15 is 0 Å². The number of rotatable bonds is 7. The first-order chi connectivity index (χ1) is 16.1. The van der Waals surface area contributed by atoms with Gasteiger partial charge in [-0.25, -0.2) is 13.7 Å². The Balaban J connectivity index is 1.44. The van der Waals surface area contributed by atoms with Crippen molar-refractivity contribution in [2.45, 2.75) is 30.5 Å². The Kier molecular flexibility index (Phi) is 7.06. The molecule has 5 nitrogen and oxygen atoms in total. The number of para-hydroxylation sites is 1. The highest BCUT2D eigenvalue weighted by atomic mass is 35.5. The van der Waals surface area contributed by atoms with Gasteiger partial charge in [0.1, 0.15) is 15.7 Å². The van der Waals surface area contributed by atoms with Crippen LogP contribution in [0.15, 0.2) is 71.6 Å². The number of hydrogen-bond acceptors (Lipinski definition) is 4. The molecule has 1 unspecified atom stereocenters. The lowest BCUT2D eigenvalue weighted by molar-refractivity contribution is -0.274. The molecule has 10 heteroatoms. The van der Waals surface area contributed by atoms with Crippen LogP contribution in [0.3, 0.4) is 0 Å². The van der Waals surface area contributed by atoms with Gasteiger partial charge in [-0.05, 0) is 72.9 Å². The summed E-state index contributed by atoms with van der Waals surface area (Å²) < 4.78 is 64.5. The number of alkyl halides is 3. The van der Waals surface area contributed by atoms with Crippen LogP contribution in [0.1, 0.15) is 17.5 Å². The van der Waals surface area contributed by atoms with Gasteiger partial charge in [0, 0.05) is 29.5 Å². The van der Waals surface area contributed by atoms with Crippen molar-refractivity contribution in [3.8, 4) is 5.75 Å². The maximum Gasteiger partial charge on any atom is 0.573 e. The van der Waals surface area contributed by atoms with Crippen LogP contribution < -0.4 is 14.4 Å². The Hall–Kier alpha value is -2.75. The van der Waals surface area contributed by atoms with E-state index in [0.717, 1.165) is 36.3 Å². The van der Waals surface area contributed by atoms with Crippen molar-refractivity contribution in [3.63, 3.8) is 0 Å². The molecule has 4 rings (SSSR count). The van der Waals surface area contributed by atoms with Crippen LogP contribution in [-0.2, 0) is 22.8 Å². The third kappa shape index (κ3) is 5.84. The first-order valence-electron chi connectivity index (χ1n) is 10.7. The summed E-state index contributed by atoms with van der Waals surface area (Å²) in [5, 5.41) is 0.647. The number of fused-ring (bicyclic) bond motifs is 2. The molecule has 3 aromatic rings. The Labute approximate surface area is 201 Å². The van der Waals surface area contributed by atoms with Gasteiger partial charge in [0.15, 0.2) is 0 Å². The Morgan fingerprint density at radius 3 is 2.38 bits per heavy atom. The number of anilines is 2. The van der Waals surface area contributed by atoms with E-state index in [4.69, 9.17) is 16.4 Å². The van der Waals surface area contributed by atoms with Gasteiger partial charge < -0.3 is 9.64 Å². The van der Waals surface area contributed by atoms with Crippen LogP contribution in [0.4, 0.5) is 24.5 Å². The first-order valence-corrected chi connectivity index (χ1v) is 12.6. The Bertz CT molecular complexity index is 1270. The highest BCUT2D eigenvalue weighted by Crippen LogP contribution is 2.37. The smallest absolute Gasteiger partial charge is 0.406 e. The fourth-order valence-corrected chi connectivity index (χ4v) is 5.28. The maximum absolute atomic E-state index is 12.8. The van der Waals surface area contributed by atoms with Crippen molar-refractivity contribution in [3.05, 3.63) is 82.9 Å². The lowest BCUT2D eigenvalue weighted by Crippen LogP contribution is -2.28. The third-order valence-electron chi connectivity index (χ3n) is 5.54. The third-order valence-corrected chi connectivity index (χ3v) is 7.32. The molecule has 2 N–H and O–H groups in total. The van der Waals surface area contributed by atoms with Crippen molar-refractivity contribution < 1.29 is 22.1 Å². The molecule has 0 saturated heterocycles. The Morgan fingerprint density at radius 1 is 1.00 bits per heavy atom. The molecule has 0 amide bonds. The molecule has 1 aliphatic heterocycles. The quantitative estimate of drug-likeness (QED) is 0.358. The van der Waals surface area contributed by atoms with Crippen LogP contribution in [0, 0.1) is 4.78 Å². The van der Waals surface area contributed by atoms with Crippen molar-refractivity contribution in [1.29, 1.82) is 4.78 Å². The molecule has 1 aliphatic rings. The van der Waals surface area contributed by atoms with Crippen LogP contribution in [0.2, 0.25) is 5.02 Å². The summed E-state index contributed by atoms with van der Waals surface area (Å²) in [5.41, 5.74) is 4.55. The molecule has 1 atom stereocenters. The van der Waals surface area contributed by atoms with E-state index in [1.54, 1.807) is 0 Å². The summed E-state index contributed by atoms with van der Waals surface area (Å²) in [5.74, 6) is -0.427. The van der Waals surface area contributed by atoms with E-state index in [0.29, 0.717) is 18.0 Å². The van der Waals surface area contributed by atoms with Crippen molar-refractivity contribution in [2.75, 3.05) is 18.0 Å². The SMILES string of the molecule is N=S(=O)(NCCCN1c2ccccc2CCc2ccc(Cl)cc21)c1ccc(OC(F)(F)F)cc1. The molecule has 0 bridgehead atoms. The fraction of sp³-hybridized carbons (Fsp3) is 0.250. The van der Waals surface area contributed by atoms with Gasteiger partial charge in [0.05, 0.1) is 4.90 Å². The summed E-state index contributed by atoms with van der Waals surface area (Å²) in [7, 11) is -3.39. The number of halogens is 4. The predicted octanol–water partition coefficient (Wildman–Crippen LogP) is 6.48. The number of benzene rings is 3. The summed E-state index contributed by atoms with van der Waals surface area (Å²) in [6, 6.07) is 18.6. The van der Waals surface area contributed by atoms with Crippen LogP contribution >= 0.6 is 11.6 Å². The summed E-state index contributed by atoms with van der Waals surface area (Å²) in [6.45, 7) is 0.878. The number of hydrogen-bond donors (Lipinski definition) is 2. The highest BCUT2D eigenvalue weighted by Gasteiger charge is 2.31. The van der Waals surface area contributed by atoms with Crippen LogP contribution in [0.5, 0.6) is 5.75 Å². The zero-order chi connectivity index (χ0) is 24.3. The molecule has 0 spiro atoms. The standard InChI is InChI=1S/C24H23ClF3N3O2S/c25-19-9-8-18-7-6-17-4-1-2-5-22(17)31(23(18)16-19)15-3-14-30-34(29,32)21-12-10-20(11-13-21)33-24(26,27)28/h1-2,4-5,8-13,16H,3,6-7,14-15H2,(H2,29,30,32). The minimum atomic E-state index is -4.81. The predicted molar refractivity (Wildman–Crippen MR) is 127 cm³/mol. The van der Waals surface area contributed by atoms with Gasteiger partial charge in [-0.15, -0.1) is 13.2 Å². The van der Waals surface area contributed by atoms with Gasteiger partial charge in [-0.2, -0.15) is 0 Å². The second-order valence-corrected chi connectivity index (χ2v) is 10.2. The molecule has 0 fully saturated rings. The monoisotopic (exact) mass is 509 g/mol. The van der Waals surface area contributed by atoms with Crippen LogP contribution in [0.25, 0.3) is 0 Å².